The van der Waals surface area contributed by atoms with E-state index in [0.29, 0.717) is 0 Å². The molecule has 4 rings (SSSR count). The van der Waals surface area contributed by atoms with Gasteiger partial charge in [-0.15, -0.1) is 0 Å². The van der Waals surface area contributed by atoms with Crippen molar-refractivity contribution in [3.05, 3.63) is 71.8 Å². The van der Waals surface area contributed by atoms with Crippen LogP contribution in [0.3, 0.4) is 0 Å². The monoisotopic (exact) mass is 735 g/mol. The highest BCUT2D eigenvalue weighted by atomic mass is 16.3. The van der Waals surface area contributed by atoms with Gasteiger partial charge in [0.25, 0.3) is 0 Å². The molecule has 0 radical (unpaired) electrons. The number of aromatic hydroxyl groups is 2. The topological polar surface area (TPSA) is 40.5 Å². The van der Waals surface area contributed by atoms with Gasteiger partial charge in [-0.25, -0.2) is 0 Å². The van der Waals surface area contributed by atoms with Gasteiger partial charge in [-0.05, 0) is 70.5 Å². The Morgan fingerprint density at radius 3 is 0.889 bits per heavy atom. The molecule has 0 saturated heterocycles. The second-order valence-electron chi connectivity index (χ2n) is 16.7. The quantitative estimate of drug-likeness (QED) is 0.0506. The third-order valence-corrected chi connectivity index (χ3v) is 12.0. The van der Waals surface area contributed by atoms with Crippen molar-refractivity contribution in [3.63, 3.8) is 0 Å². The van der Waals surface area contributed by atoms with E-state index in [9.17, 15) is 10.2 Å². The molecule has 4 aromatic rings. The van der Waals surface area contributed by atoms with Gasteiger partial charge in [-0.2, -0.15) is 0 Å². The molecule has 0 atom stereocenters. The Hall–Kier alpha value is -3.00. The SMILES string of the molecule is CCCCCCCCCCCCCCCCc1ccc2c(-c3c(O)ccc4cc(CCCCCCCCCCCCCCCC)ccc34)c(O)ccc2c1. The highest BCUT2D eigenvalue weighted by molar-refractivity contribution is 6.09. The van der Waals surface area contributed by atoms with E-state index >= 15 is 0 Å². The molecule has 0 aliphatic rings. The van der Waals surface area contributed by atoms with Crippen LogP contribution in [0.15, 0.2) is 60.7 Å². The number of benzene rings is 4. The lowest BCUT2D eigenvalue weighted by Gasteiger charge is -2.15. The van der Waals surface area contributed by atoms with Crippen LogP contribution in [0, 0.1) is 0 Å². The summed E-state index contributed by atoms with van der Waals surface area (Å²) in [5.74, 6) is 0.438. The van der Waals surface area contributed by atoms with Gasteiger partial charge < -0.3 is 10.2 Å². The molecule has 0 fully saturated rings. The molecule has 0 aliphatic heterocycles. The van der Waals surface area contributed by atoms with Crippen LogP contribution >= 0.6 is 0 Å². The fourth-order valence-electron chi connectivity index (χ4n) is 8.62. The summed E-state index contributed by atoms with van der Waals surface area (Å²) in [6, 6.07) is 21.0. The minimum absolute atomic E-state index is 0.219. The molecule has 2 nitrogen and oxygen atoms in total. The average molecular weight is 735 g/mol. The predicted molar refractivity (Wildman–Crippen MR) is 238 cm³/mol. The number of fused-ring (bicyclic) bond motifs is 2. The number of hydrogen-bond acceptors (Lipinski definition) is 2. The van der Waals surface area contributed by atoms with Gasteiger partial charge >= 0.3 is 0 Å². The van der Waals surface area contributed by atoms with Crippen LogP contribution in [0.2, 0.25) is 0 Å². The minimum atomic E-state index is 0.219. The summed E-state index contributed by atoms with van der Waals surface area (Å²) in [5.41, 5.74) is 4.18. The summed E-state index contributed by atoms with van der Waals surface area (Å²) >= 11 is 0. The molecule has 0 unspecified atom stereocenters. The molecular formula is C52H78O2. The fourth-order valence-corrected chi connectivity index (χ4v) is 8.62. The highest BCUT2D eigenvalue weighted by Crippen LogP contribution is 2.45. The van der Waals surface area contributed by atoms with Crippen molar-refractivity contribution in [3.8, 4) is 22.6 Å². The van der Waals surface area contributed by atoms with Gasteiger partial charge in [0.05, 0.1) is 0 Å². The number of phenolic OH excluding ortho intramolecular Hbond substituents is 2. The van der Waals surface area contributed by atoms with Crippen LogP contribution < -0.4 is 0 Å². The Morgan fingerprint density at radius 2 is 0.593 bits per heavy atom. The van der Waals surface area contributed by atoms with E-state index in [1.54, 1.807) is 12.1 Å². The van der Waals surface area contributed by atoms with Gasteiger partial charge in [-0.3, -0.25) is 0 Å². The number of aryl methyl sites for hydroxylation is 2. The van der Waals surface area contributed by atoms with Crippen LogP contribution in [0.4, 0.5) is 0 Å². The first kappa shape index (κ1) is 43.7. The van der Waals surface area contributed by atoms with Gasteiger partial charge in [0, 0.05) is 11.1 Å². The molecule has 2 heteroatoms. The zero-order valence-corrected chi connectivity index (χ0v) is 34.9. The van der Waals surface area contributed by atoms with Crippen LogP contribution in [0.5, 0.6) is 11.5 Å². The Labute approximate surface area is 331 Å². The summed E-state index contributed by atoms with van der Waals surface area (Å²) in [4.78, 5) is 0. The molecular weight excluding hydrogens is 657 g/mol. The van der Waals surface area contributed by atoms with E-state index in [0.717, 1.165) is 45.5 Å². The first-order valence-electron chi connectivity index (χ1n) is 23.1. The molecule has 2 N–H and O–H groups in total. The molecule has 54 heavy (non-hydrogen) atoms. The zero-order chi connectivity index (χ0) is 38.1. The van der Waals surface area contributed by atoms with Crippen LogP contribution in [-0.4, -0.2) is 10.2 Å². The Morgan fingerprint density at radius 1 is 0.315 bits per heavy atom. The third kappa shape index (κ3) is 15.6. The predicted octanol–water partition coefficient (Wildman–Crippen LogP) is 17.1. The van der Waals surface area contributed by atoms with Crippen molar-refractivity contribution in [2.75, 3.05) is 0 Å². The zero-order valence-electron chi connectivity index (χ0n) is 34.9. The Bertz CT molecular complexity index is 1470. The van der Waals surface area contributed by atoms with Crippen molar-refractivity contribution in [2.24, 2.45) is 0 Å². The third-order valence-electron chi connectivity index (χ3n) is 12.0. The van der Waals surface area contributed by atoms with Gasteiger partial charge in [-0.1, -0.05) is 229 Å². The van der Waals surface area contributed by atoms with Crippen molar-refractivity contribution in [1.29, 1.82) is 0 Å². The molecule has 0 bridgehead atoms. The first-order valence-corrected chi connectivity index (χ1v) is 23.1. The molecule has 0 amide bonds. The molecule has 0 aromatic heterocycles. The smallest absolute Gasteiger partial charge is 0.124 e. The van der Waals surface area contributed by atoms with Gasteiger partial charge in [0.1, 0.15) is 11.5 Å². The van der Waals surface area contributed by atoms with E-state index in [1.165, 1.54) is 191 Å². The fraction of sp³-hybridized carbons (Fsp3) is 0.615. The molecule has 4 aromatic carbocycles. The summed E-state index contributed by atoms with van der Waals surface area (Å²) < 4.78 is 0. The maximum atomic E-state index is 11.2. The van der Waals surface area contributed by atoms with E-state index in [-0.39, 0.29) is 11.5 Å². The Balaban J connectivity index is 1.20. The van der Waals surface area contributed by atoms with E-state index in [2.05, 4.69) is 50.2 Å². The lowest BCUT2D eigenvalue weighted by atomic mass is 9.90. The lowest BCUT2D eigenvalue weighted by Crippen LogP contribution is -1.91. The second-order valence-corrected chi connectivity index (χ2v) is 16.7. The van der Waals surface area contributed by atoms with Crippen molar-refractivity contribution in [1.82, 2.24) is 0 Å². The molecule has 0 spiro atoms. The maximum Gasteiger partial charge on any atom is 0.124 e. The molecule has 0 aliphatic carbocycles. The summed E-state index contributed by atoms with van der Waals surface area (Å²) in [5, 5.41) is 26.6. The standard InChI is InChI=1S/C52H78O2/c1-3-5-7-9-11-13-15-17-19-21-23-25-27-29-31-43-33-37-47-45(41-43)35-39-49(53)51(47)52-48-38-34-44(42-46(48)36-40-50(52)54)32-30-28-26-24-22-20-18-16-14-12-10-8-6-4-2/h33-42,53-54H,3-32H2,1-2H3. The highest BCUT2D eigenvalue weighted by Gasteiger charge is 2.17. The van der Waals surface area contributed by atoms with E-state index in [1.807, 2.05) is 12.1 Å². The summed E-state index contributed by atoms with van der Waals surface area (Å²) in [6.45, 7) is 4.58. The van der Waals surface area contributed by atoms with Crippen LogP contribution in [0.1, 0.15) is 205 Å². The Kier molecular flexibility index (Phi) is 21.7. The van der Waals surface area contributed by atoms with Gasteiger partial charge in [0.2, 0.25) is 0 Å². The average Bonchev–Trinajstić information content (AvgIpc) is 3.18. The number of unbranched alkanes of at least 4 members (excludes halogenated alkanes) is 26. The van der Waals surface area contributed by atoms with E-state index < -0.39 is 0 Å². The van der Waals surface area contributed by atoms with Crippen LogP contribution in [-0.2, 0) is 12.8 Å². The molecule has 0 heterocycles. The normalized spacial score (nSPS) is 11.7. The summed E-state index contributed by atoms with van der Waals surface area (Å²) in [6.07, 6.45) is 40.8. The van der Waals surface area contributed by atoms with Gasteiger partial charge in [0.15, 0.2) is 0 Å². The number of hydrogen-bond donors (Lipinski definition) is 2. The lowest BCUT2D eigenvalue weighted by molar-refractivity contribution is 0.470. The van der Waals surface area contributed by atoms with Crippen LogP contribution in [0.25, 0.3) is 32.7 Å². The molecule has 0 saturated carbocycles. The number of phenols is 2. The minimum Gasteiger partial charge on any atom is -0.507 e. The maximum absolute atomic E-state index is 11.2. The number of rotatable bonds is 31. The second kappa shape index (κ2) is 26.7. The molecule has 298 valence electrons. The van der Waals surface area contributed by atoms with Crippen molar-refractivity contribution >= 4 is 21.5 Å². The van der Waals surface area contributed by atoms with E-state index in [4.69, 9.17) is 0 Å². The van der Waals surface area contributed by atoms with Crippen molar-refractivity contribution in [2.45, 2.75) is 206 Å². The van der Waals surface area contributed by atoms with Crippen molar-refractivity contribution < 1.29 is 10.2 Å². The largest absolute Gasteiger partial charge is 0.507 e. The first-order chi connectivity index (χ1) is 26.6. The summed E-state index contributed by atoms with van der Waals surface area (Å²) in [7, 11) is 0.